The quantitative estimate of drug-likeness (QED) is 0.759. The summed E-state index contributed by atoms with van der Waals surface area (Å²) < 4.78 is 0. The van der Waals surface area contributed by atoms with Crippen molar-refractivity contribution < 1.29 is 9.90 Å². The van der Waals surface area contributed by atoms with Crippen LogP contribution in [0.5, 0.6) is 0 Å². The van der Waals surface area contributed by atoms with E-state index in [1.807, 2.05) is 13.8 Å². The number of nitrogens with zero attached hydrogens (tertiary/aromatic N) is 2. The number of hydrogen-bond donors (Lipinski definition) is 2. The van der Waals surface area contributed by atoms with E-state index in [-0.39, 0.29) is 11.6 Å². The summed E-state index contributed by atoms with van der Waals surface area (Å²) in [5.74, 6) is -0.667. The van der Waals surface area contributed by atoms with Gasteiger partial charge in [0, 0.05) is 6.04 Å². The van der Waals surface area contributed by atoms with Crippen molar-refractivity contribution in [3.05, 3.63) is 17.8 Å². The molecule has 1 atom stereocenters. The molecule has 1 heterocycles. The summed E-state index contributed by atoms with van der Waals surface area (Å²) in [5, 5.41) is 19.2. The molecule has 76 valence electrons. The zero-order valence-corrected chi connectivity index (χ0v) is 8.19. The molecule has 0 radical (unpaired) electrons. The number of carboxylic acids is 1. The van der Waals surface area contributed by atoms with Crippen LogP contribution in [-0.2, 0) is 0 Å². The average molecular weight is 195 g/mol. The predicted molar refractivity (Wildman–Crippen MR) is 52.4 cm³/mol. The molecule has 0 aliphatic rings. The van der Waals surface area contributed by atoms with Crippen LogP contribution in [0.15, 0.2) is 12.3 Å². The Labute approximate surface area is 82.2 Å². The number of anilines is 1. The summed E-state index contributed by atoms with van der Waals surface area (Å²) in [6, 6.07) is 1.62. The van der Waals surface area contributed by atoms with Gasteiger partial charge in [-0.15, -0.1) is 5.10 Å². The third-order valence-electron chi connectivity index (χ3n) is 1.95. The number of hydrogen-bond acceptors (Lipinski definition) is 4. The first-order valence-electron chi connectivity index (χ1n) is 4.46. The predicted octanol–water partition coefficient (Wildman–Crippen LogP) is 1.39. The van der Waals surface area contributed by atoms with Gasteiger partial charge in [-0.05, 0) is 19.4 Å². The van der Waals surface area contributed by atoms with E-state index in [0.717, 1.165) is 6.42 Å². The van der Waals surface area contributed by atoms with E-state index in [0.29, 0.717) is 5.82 Å². The highest BCUT2D eigenvalue weighted by atomic mass is 16.4. The van der Waals surface area contributed by atoms with Gasteiger partial charge in [0.2, 0.25) is 0 Å². The van der Waals surface area contributed by atoms with E-state index < -0.39 is 5.97 Å². The lowest BCUT2D eigenvalue weighted by Crippen LogP contribution is -2.17. The van der Waals surface area contributed by atoms with Gasteiger partial charge in [0.15, 0.2) is 5.82 Å². The normalized spacial score (nSPS) is 12.1. The standard InChI is InChI=1S/C9H13N3O2/c1-3-6(2)11-8-7(9(13)14)4-5-10-12-8/h4-6H,3H2,1-2H3,(H,11,12)(H,13,14). The van der Waals surface area contributed by atoms with E-state index in [9.17, 15) is 4.79 Å². The SMILES string of the molecule is CCC(C)Nc1nnccc1C(=O)O. The molecule has 0 aliphatic heterocycles. The molecule has 2 N–H and O–H groups in total. The van der Waals surface area contributed by atoms with Crippen LogP contribution in [-0.4, -0.2) is 27.3 Å². The van der Waals surface area contributed by atoms with Crippen LogP contribution < -0.4 is 5.32 Å². The van der Waals surface area contributed by atoms with Gasteiger partial charge in [0.1, 0.15) is 5.56 Å². The summed E-state index contributed by atoms with van der Waals surface area (Å²) in [7, 11) is 0. The van der Waals surface area contributed by atoms with Crippen molar-refractivity contribution in [2.75, 3.05) is 5.32 Å². The molecule has 0 saturated carbocycles. The summed E-state index contributed by atoms with van der Waals surface area (Å²) in [6.07, 6.45) is 2.26. The molecule has 5 heteroatoms. The van der Waals surface area contributed by atoms with Crippen LogP contribution in [0.2, 0.25) is 0 Å². The first-order valence-corrected chi connectivity index (χ1v) is 4.46. The molecule has 0 fully saturated rings. The summed E-state index contributed by atoms with van der Waals surface area (Å²) >= 11 is 0. The zero-order chi connectivity index (χ0) is 10.6. The van der Waals surface area contributed by atoms with Crippen LogP contribution in [0, 0.1) is 0 Å². The van der Waals surface area contributed by atoms with Crippen molar-refractivity contribution in [3.63, 3.8) is 0 Å². The molecule has 5 nitrogen and oxygen atoms in total. The lowest BCUT2D eigenvalue weighted by Gasteiger charge is -2.12. The van der Waals surface area contributed by atoms with Crippen molar-refractivity contribution in [1.29, 1.82) is 0 Å². The van der Waals surface area contributed by atoms with Crippen molar-refractivity contribution in [2.45, 2.75) is 26.3 Å². The van der Waals surface area contributed by atoms with Crippen molar-refractivity contribution >= 4 is 11.8 Å². The maximum atomic E-state index is 10.8. The van der Waals surface area contributed by atoms with Crippen molar-refractivity contribution in [1.82, 2.24) is 10.2 Å². The minimum Gasteiger partial charge on any atom is -0.478 e. The molecule has 0 bridgehead atoms. The molecular weight excluding hydrogens is 182 g/mol. The number of rotatable bonds is 4. The summed E-state index contributed by atoms with van der Waals surface area (Å²) in [5.41, 5.74) is 0.153. The summed E-state index contributed by atoms with van der Waals surface area (Å²) in [4.78, 5) is 10.8. The number of aromatic nitrogens is 2. The second kappa shape index (κ2) is 4.55. The van der Waals surface area contributed by atoms with Gasteiger partial charge in [0.25, 0.3) is 0 Å². The van der Waals surface area contributed by atoms with E-state index in [1.54, 1.807) is 0 Å². The van der Waals surface area contributed by atoms with E-state index in [4.69, 9.17) is 5.11 Å². The molecule has 1 rings (SSSR count). The van der Waals surface area contributed by atoms with Crippen LogP contribution >= 0.6 is 0 Å². The lowest BCUT2D eigenvalue weighted by molar-refractivity contribution is 0.0697. The lowest BCUT2D eigenvalue weighted by atomic mass is 10.2. The van der Waals surface area contributed by atoms with Crippen molar-refractivity contribution in [2.24, 2.45) is 0 Å². The first-order chi connectivity index (χ1) is 6.65. The number of carbonyl (C=O) groups is 1. The second-order valence-electron chi connectivity index (χ2n) is 3.05. The van der Waals surface area contributed by atoms with Gasteiger partial charge in [-0.3, -0.25) is 0 Å². The van der Waals surface area contributed by atoms with E-state index in [2.05, 4.69) is 15.5 Å². The second-order valence-corrected chi connectivity index (χ2v) is 3.05. The Bertz CT molecular complexity index is 328. The van der Waals surface area contributed by atoms with Crippen LogP contribution in [0.25, 0.3) is 0 Å². The number of aromatic carboxylic acids is 1. The molecule has 0 aliphatic carbocycles. The Morgan fingerprint density at radius 1 is 1.71 bits per heavy atom. The fourth-order valence-corrected chi connectivity index (χ4v) is 0.946. The highest BCUT2D eigenvalue weighted by molar-refractivity contribution is 5.92. The molecule has 14 heavy (non-hydrogen) atoms. The summed E-state index contributed by atoms with van der Waals surface area (Å²) in [6.45, 7) is 3.97. The van der Waals surface area contributed by atoms with E-state index >= 15 is 0 Å². The van der Waals surface area contributed by atoms with Gasteiger partial charge < -0.3 is 10.4 Å². The largest absolute Gasteiger partial charge is 0.478 e. The van der Waals surface area contributed by atoms with Gasteiger partial charge in [-0.25, -0.2) is 4.79 Å². The van der Waals surface area contributed by atoms with E-state index in [1.165, 1.54) is 12.3 Å². The molecular formula is C9H13N3O2. The Balaban J connectivity index is 2.90. The van der Waals surface area contributed by atoms with Crippen molar-refractivity contribution in [3.8, 4) is 0 Å². The van der Waals surface area contributed by atoms with Gasteiger partial charge in [-0.1, -0.05) is 6.92 Å². The molecule has 0 amide bonds. The van der Waals surface area contributed by atoms with Crippen LogP contribution in [0.3, 0.4) is 0 Å². The Kier molecular flexibility index (Phi) is 3.39. The minimum atomic E-state index is -0.995. The molecule has 0 spiro atoms. The molecule has 1 unspecified atom stereocenters. The third kappa shape index (κ3) is 2.42. The molecule has 1 aromatic rings. The van der Waals surface area contributed by atoms with Gasteiger partial charge in [-0.2, -0.15) is 5.10 Å². The fourth-order valence-electron chi connectivity index (χ4n) is 0.946. The highest BCUT2D eigenvalue weighted by Crippen LogP contribution is 2.11. The topological polar surface area (TPSA) is 75.1 Å². The first kappa shape index (κ1) is 10.4. The maximum absolute atomic E-state index is 10.8. The fraction of sp³-hybridized carbons (Fsp3) is 0.444. The average Bonchev–Trinajstić information content (AvgIpc) is 2.18. The van der Waals surface area contributed by atoms with Crippen LogP contribution in [0.4, 0.5) is 5.82 Å². The third-order valence-corrected chi connectivity index (χ3v) is 1.95. The molecule has 1 aromatic heterocycles. The Morgan fingerprint density at radius 3 is 3.00 bits per heavy atom. The zero-order valence-electron chi connectivity index (χ0n) is 8.19. The smallest absolute Gasteiger partial charge is 0.339 e. The maximum Gasteiger partial charge on any atom is 0.339 e. The van der Waals surface area contributed by atoms with Gasteiger partial charge in [0.05, 0.1) is 6.20 Å². The van der Waals surface area contributed by atoms with Crippen LogP contribution in [0.1, 0.15) is 30.6 Å². The monoisotopic (exact) mass is 195 g/mol. The number of nitrogens with one attached hydrogen (secondary N) is 1. The highest BCUT2D eigenvalue weighted by Gasteiger charge is 2.12. The Morgan fingerprint density at radius 2 is 2.43 bits per heavy atom. The molecule has 0 aromatic carbocycles. The molecule has 0 saturated heterocycles. The van der Waals surface area contributed by atoms with Gasteiger partial charge >= 0.3 is 5.97 Å². The minimum absolute atomic E-state index is 0.153. The Hall–Kier alpha value is -1.65. The number of carboxylic acid groups (broad SMARTS) is 1.